The Labute approximate surface area is 203 Å². The molecule has 2 aliphatic rings. The number of amides is 2. The van der Waals surface area contributed by atoms with E-state index >= 15 is 0 Å². The molecule has 0 saturated carbocycles. The zero-order valence-electron chi connectivity index (χ0n) is 17.3. The number of halogens is 2. The summed E-state index contributed by atoms with van der Waals surface area (Å²) in [6.45, 7) is 0. The number of hydrogen-bond donors (Lipinski definition) is 1. The number of carbonyl (C=O) groups is 2. The predicted molar refractivity (Wildman–Crippen MR) is 126 cm³/mol. The van der Waals surface area contributed by atoms with Crippen LogP contribution in [0.5, 0.6) is 11.5 Å². The van der Waals surface area contributed by atoms with Crippen LogP contribution in [0.4, 0.5) is 11.4 Å². The van der Waals surface area contributed by atoms with E-state index in [1.807, 2.05) is 0 Å². The molecule has 0 aromatic heterocycles. The van der Waals surface area contributed by atoms with Crippen molar-refractivity contribution < 1.29 is 24.3 Å². The zero-order valence-corrected chi connectivity index (χ0v) is 19.7. The van der Waals surface area contributed by atoms with Gasteiger partial charge in [0.2, 0.25) is 5.91 Å². The van der Waals surface area contributed by atoms with Gasteiger partial charge in [-0.3, -0.25) is 14.4 Å². The molecule has 0 spiro atoms. The quantitative estimate of drug-likeness (QED) is 0.486. The molecule has 3 aromatic carbocycles. The lowest BCUT2D eigenvalue weighted by atomic mass is 9.90. The summed E-state index contributed by atoms with van der Waals surface area (Å²) in [6.07, 6.45) is -0.998. The number of fused-ring (bicyclic) bond motifs is 1. The number of benzene rings is 3. The van der Waals surface area contributed by atoms with Crippen LogP contribution in [0.25, 0.3) is 0 Å². The summed E-state index contributed by atoms with van der Waals surface area (Å²) >= 11 is 9.42. The summed E-state index contributed by atoms with van der Waals surface area (Å²) in [6, 6.07) is 18.1. The Kier molecular flexibility index (Phi) is 5.52. The van der Waals surface area contributed by atoms with Crippen molar-refractivity contribution in [2.75, 3.05) is 17.1 Å². The third kappa shape index (κ3) is 3.64. The van der Waals surface area contributed by atoms with Gasteiger partial charge in [-0.15, -0.1) is 0 Å². The lowest BCUT2D eigenvalue weighted by molar-refractivity contribution is -0.126. The summed E-state index contributed by atoms with van der Waals surface area (Å²) in [5.74, 6) is -1.36. The van der Waals surface area contributed by atoms with Crippen molar-refractivity contribution in [2.45, 2.75) is 12.1 Å². The second-order valence-electron chi connectivity index (χ2n) is 7.72. The van der Waals surface area contributed by atoms with Crippen LogP contribution in [0.1, 0.15) is 11.6 Å². The fourth-order valence-corrected chi connectivity index (χ4v) is 4.68. The molecule has 9 heteroatoms. The van der Waals surface area contributed by atoms with E-state index in [9.17, 15) is 14.7 Å². The molecule has 0 radical (unpaired) electrons. The normalized spacial score (nSPS) is 22.1. The molecule has 0 aliphatic carbocycles. The highest BCUT2D eigenvalue weighted by molar-refractivity contribution is 9.10. The van der Waals surface area contributed by atoms with Crippen molar-refractivity contribution in [1.82, 2.24) is 0 Å². The van der Waals surface area contributed by atoms with Gasteiger partial charge in [0.1, 0.15) is 5.92 Å². The van der Waals surface area contributed by atoms with E-state index in [2.05, 4.69) is 15.9 Å². The number of imide groups is 1. The predicted octanol–water partition coefficient (Wildman–Crippen LogP) is 4.87. The molecule has 2 saturated heterocycles. The van der Waals surface area contributed by atoms with E-state index in [0.717, 1.165) is 4.47 Å². The molecule has 2 aliphatic heterocycles. The van der Waals surface area contributed by atoms with Gasteiger partial charge in [-0.2, -0.15) is 0 Å². The summed E-state index contributed by atoms with van der Waals surface area (Å²) in [5.41, 5.74) is 1.78. The first-order valence-corrected chi connectivity index (χ1v) is 11.3. The monoisotopic (exact) mass is 528 g/mol. The fourth-order valence-electron chi connectivity index (χ4n) is 4.29. The van der Waals surface area contributed by atoms with E-state index < -0.39 is 24.0 Å². The van der Waals surface area contributed by atoms with Crippen LogP contribution in [-0.2, 0) is 14.4 Å². The van der Waals surface area contributed by atoms with Crippen molar-refractivity contribution in [3.63, 3.8) is 0 Å². The van der Waals surface area contributed by atoms with Crippen molar-refractivity contribution >= 4 is 50.7 Å². The summed E-state index contributed by atoms with van der Waals surface area (Å²) in [5, 5.41) is 12.2. The highest BCUT2D eigenvalue weighted by Gasteiger charge is 2.60. The molecule has 3 aromatic rings. The smallest absolute Gasteiger partial charge is 0.266 e. The van der Waals surface area contributed by atoms with Gasteiger partial charge in [-0.1, -0.05) is 33.6 Å². The third-order valence-corrected chi connectivity index (χ3v) is 6.61. The number of hydroxylamine groups is 1. The maximum atomic E-state index is 13.6. The van der Waals surface area contributed by atoms with Crippen molar-refractivity contribution in [1.29, 1.82) is 0 Å². The standard InChI is InChI=1S/C24H18BrClN2O5/c1-32-19-12-13(2-11-18(19)29)21-20-22(33-28(21)17-9-5-15(26)6-10-17)24(31)27(23(20)30)16-7-3-14(25)4-8-16/h2-12,20-22,29H,1H3/t20-,21+,22+/m1/s1. The molecule has 0 bridgehead atoms. The number of hydrogen-bond acceptors (Lipinski definition) is 6. The minimum Gasteiger partial charge on any atom is -0.504 e. The molecule has 7 nitrogen and oxygen atoms in total. The first kappa shape index (κ1) is 21.8. The summed E-state index contributed by atoms with van der Waals surface area (Å²) < 4.78 is 6.11. The number of carbonyl (C=O) groups excluding carboxylic acids is 2. The SMILES string of the molecule is COc1cc([C@H]2[C@H]3C(=O)N(c4ccc(Br)cc4)C(=O)[C@H]3ON2c2ccc(Cl)cc2)ccc1O. The summed E-state index contributed by atoms with van der Waals surface area (Å²) in [7, 11) is 1.45. The average molecular weight is 530 g/mol. The van der Waals surface area contributed by atoms with E-state index in [4.69, 9.17) is 21.2 Å². The van der Waals surface area contributed by atoms with E-state index in [-0.39, 0.29) is 17.4 Å². The Hall–Kier alpha value is -3.07. The van der Waals surface area contributed by atoms with Crippen LogP contribution in [0.2, 0.25) is 5.02 Å². The van der Waals surface area contributed by atoms with Crippen molar-refractivity contribution in [3.05, 3.63) is 81.8 Å². The molecule has 2 fully saturated rings. The van der Waals surface area contributed by atoms with Crippen LogP contribution >= 0.6 is 27.5 Å². The topological polar surface area (TPSA) is 79.3 Å². The van der Waals surface area contributed by atoms with Crippen LogP contribution in [0.15, 0.2) is 71.2 Å². The molecule has 33 heavy (non-hydrogen) atoms. The van der Waals surface area contributed by atoms with Crippen LogP contribution in [0, 0.1) is 5.92 Å². The molecule has 1 N–H and O–H groups in total. The zero-order chi connectivity index (χ0) is 23.3. The Bertz CT molecular complexity index is 1230. The summed E-state index contributed by atoms with van der Waals surface area (Å²) in [4.78, 5) is 34.2. The molecular formula is C24H18BrClN2O5. The minimum absolute atomic E-state index is 0.0277. The lowest BCUT2D eigenvalue weighted by Gasteiger charge is -2.29. The first-order valence-electron chi connectivity index (χ1n) is 10.1. The van der Waals surface area contributed by atoms with Gasteiger partial charge in [0.05, 0.1) is 24.5 Å². The number of phenolic OH excluding ortho intramolecular Hbond substituents is 1. The minimum atomic E-state index is -0.998. The second-order valence-corrected chi connectivity index (χ2v) is 9.07. The largest absolute Gasteiger partial charge is 0.504 e. The van der Waals surface area contributed by atoms with Gasteiger partial charge in [0, 0.05) is 9.50 Å². The van der Waals surface area contributed by atoms with Crippen LogP contribution in [0.3, 0.4) is 0 Å². The lowest BCUT2D eigenvalue weighted by Crippen LogP contribution is -2.37. The van der Waals surface area contributed by atoms with Crippen LogP contribution < -0.4 is 14.7 Å². The van der Waals surface area contributed by atoms with E-state index in [1.54, 1.807) is 65.7 Å². The average Bonchev–Trinajstić information content (AvgIpc) is 3.32. The number of rotatable bonds is 4. The molecule has 5 rings (SSSR count). The molecule has 2 heterocycles. The van der Waals surface area contributed by atoms with Gasteiger partial charge in [-0.25, -0.2) is 9.96 Å². The molecular weight excluding hydrogens is 512 g/mol. The number of ether oxygens (including phenoxy) is 1. The Balaban J connectivity index is 1.60. The van der Waals surface area contributed by atoms with E-state index in [1.165, 1.54) is 18.1 Å². The Morgan fingerprint density at radius 1 is 0.970 bits per heavy atom. The Morgan fingerprint density at radius 3 is 2.30 bits per heavy atom. The number of nitrogens with zero attached hydrogens (tertiary/aromatic N) is 2. The number of phenols is 1. The Morgan fingerprint density at radius 2 is 1.64 bits per heavy atom. The molecule has 168 valence electrons. The van der Waals surface area contributed by atoms with Gasteiger partial charge in [0.15, 0.2) is 17.6 Å². The molecule has 2 amide bonds. The maximum Gasteiger partial charge on any atom is 0.266 e. The molecule has 3 atom stereocenters. The van der Waals surface area contributed by atoms with E-state index in [0.29, 0.717) is 22.0 Å². The maximum absolute atomic E-state index is 13.6. The van der Waals surface area contributed by atoms with Gasteiger partial charge >= 0.3 is 0 Å². The molecule has 0 unspecified atom stereocenters. The highest BCUT2D eigenvalue weighted by Crippen LogP contribution is 2.48. The van der Waals surface area contributed by atoms with Crippen molar-refractivity contribution in [2.24, 2.45) is 5.92 Å². The van der Waals surface area contributed by atoms with Crippen molar-refractivity contribution in [3.8, 4) is 11.5 Å². The fraction of sp³-hybridized carbons (Fsp3) is 0.167. The van der Waals surface area contributed by atoms with Gasteiger partial charge < -0.3 is 9.84 Å². The second kappa shape index (κ2) is 8.37. The highest BCUT2D eigenvalue weighted by atomic mass is 79.9. The van der Waals surface area contributed by atoms with Gasteiger partial charge in [-0.05, 0) is 66.2 Å². The van der Waals surface area contributed by atoms with Gasteiger partial charge in [0.25, 0.3) is 5.91 Å². The van der Waals surface area contributed by atoms with Crippen LogP contribution in [-0.4, -0.2) is 30.1 Å². The first-order chi connectivity index (χ1) is 15.9. The number of aromatic hydroxyl groups is 1. The third-order valence-electron chi connectivity index (χ3n) is 5.83. The number of anilines is 2. The number of methoxy groups -OCH3 is 1.